The van der Waals surface area contributed by atoms with E-state index in [-0.39, 0.29) is 23.2 Å². The molecule has 2 aliphatic rings. The highest BCUT2D eigenvalue weighted by molar-refractivity contribution is 5.93. The van der Waals surface area contributed by atoms with Crippen molar-refractivity contribution in [1.82, 2.24) is 5.32 Å². The van der Waals surface area contributed by atoms with E-state index in [2.05, 4.69) is 12.2 Å². The van der Waals surface area contributed by atoms with Crippen LogP contribution in [0.2, 0.25) is 0 Å². The highest BCUT2D eigenvalue weighted by Gasteiger charge is 2.29. The number of rotatable bonds is 7. The number of ether oxygens (including phenoxy) is 1. The van der Waals surface area contributed by atoms with Crippen molar-refractivity contribution in [2.45, 2.75) is 45.6 Å². The highest BCUT2D eigenvalue weighted by Crippen LogP contribution is 2.33. The molecule has 1 saturated carbocycles. The molecule has 8 heteroatoms. The number of nitrogens with one attached hydrogen (secondary N) is 1. The van der Waals surface area contributed by atoms with Crippen LogP contribution in [0.3, 0.4) is 0 Å². The lowest BCUT2D eigenvalue weighted by atomic mass is 9.98. The molecule has 1 heterocycles. The molecule has 0 bridgehead atoms. The number of carbonyl (C=O) groups excluding carboxylic acids is 2. The number of piperidine rings is 1. The summed E-state index contributed by atoms with van der Waals surface area (Å²) in [6, 6.07) is 4.42. The van der Waals surface area contributed by atoms with E-state index < -0.39 is 17.5 Å². The van der Waals surface area contributed by atoms with E-state index in [1.54, 1.807) is 6.07 Å². The Kier molecular flexibility index (Phi) is 6.16. The second kappa shape index (κ2) is 8.58. The minimum atomic E-state index is -0.740. The molecule has 1 aromatic carbocycles. The number of esters is 1. The lowest BCUT2D eigenvalue weighted by Crippen LogP contribution is -2.37. The summed E-state index contributed by atoms with van der Waals surface area (Å²) in [5.74, 6) is 0.0170. The summed E-state index contributed by atoms with van der Waals surface area (Å²) in [6.45, 7) is 5.22. The lowest BCUT2D eigenvalue weighted by Gasteiger charge is -2.31. The minimum Gasteiger partial charge on any atom is -0.452 e. The predicted molar refractivity (Wildman–Crippen MR) is 104 cm³/mol. The molecule has 1 saturated heterocycles. The van der Waals surface area contributed by atoms with Gasteiger partial charge in [-0.25, -0.2) is 4.79 Å². The van der Waals surface area contributed by atoms with E-state index in [1.807, 2.05) is 11.8 Å². The van der Waals surface area contributed by atoms with Crippen molar-refractivity contribution in [2.24, 2.45) is 11.8 Å². The van der Waals surface area contributed by atoms with E-state index in [0.717, 1.165) is 38.8 Å². The van der Waals surface area contributed by atoms with Gasteiger partial charge in [0.2, 0.25) is 0 Å². The molecular formula is C20H27N3O5. The number of hydrogen-bond donors (Lipinski definition) is 1. The van der Waals surface area contributed by atoms with Crippen molar-refractivity contribution >= 4 is 23.3 Å². The van der Waals surface area contributed by atoms with Crippen molar-refractivity contribution in [1.29, 1.82) is 0 Å². The Balaban J connectivity index is 1.62. The molecule has 0 spiro atoms. The third-order valence-corrected chi connectivity index (χ3v) is 5.58. The number of carbonyl (C=O) groups is 2. The van der Waals surface area contributed by atoms with Gasteiger partial charge in [0, 0.05) is 25.2 Å². The molecule has 1 unspecified atom stereocenters. The van der Waals surface area contributed by atoms with Gasteiger partial charge in [0.15, 0.2) is 6.61 Å². The highest BCUT2D eigenvalue weighted by atomic mass is 16.6. The molecule has 152 valence electrons. The fourth-order valence-electron chi connectivity index (χ4n) is 3.54. The van der Waals surface area contributed by atoms with Crippen LogP contribution in [0.25, 0.3) is 0 Å². The molecule has 0 radical (unpaired) electrons. The average molecular weight is 389 g/mol. The Morgan fingerprint density at radius 3 is 2.57 bits per heavy atom. The fourth-order valence-corrected chi connectivity index (χ4v) is 3.54. The van der Waals surface area contributed by atoms with Gasteiger partial charge in [0.25, 0.3) is 11.6 Å². The second-order valence-electron chi connectivity index (χ2n) is 7.90. The molecule has 1 amide bonds. The number of anilines is 1. The van der Waals surface area contributed by atoms with Gasteiger partial charge in [-0.1, -0.05) is 6.92 Å². The van der Waals surface area contributed by atoms with Gasteiger partial charge in [-0.2, -0.15) is 0 Å². The zero-order chi connectivity index (χ0) is 20.3. The van der Waals surface area contributed by atoms with E-state index in [9.17, 15) is 19.7 Å². The first-order valence-corrected chi connectivity index (χ1v) is 9.85. The standard InChI is InChI=1S/C20H27N3O5/c1-13-7-9-22(10-8-13)17-6-5-16(11-18(17)23(26)27)20(25)28-12-19(24)21-14(2)15-3-4-15/h5-6,11,13-15H,3-4,7-10,12H2,1-2H3,(H,21,24). The Morgan fingerprint density at radius 1 is 1.29 bits per heavy atom. The summed E-state index contributed by atoms with van der Waals surface area (Å²) in [5.41, 5.74) is 0.476. The van der Waals surface area contributed by atoms with Crippen LogP contribution < -0.4 is 10.2 Å². The summed E-state index contributed by atoms with van der Waals surface area (Å²) < 4.78 is 5.04. The molecule has 3 rings (SSSR count). The first-order chi connectivity index (χ1) is 13.3. The third kappa shape index (κ3) is 4.99. The van der Waals surface area contributed by atoms with Gasteiger partial charge in [0.05, 0.1) is 10.5 Å². The van der Waals surface area contributed by atoms with Crippen LogP contribution in [-0.4, -0.2) is 42.5 Å². The fraction of sp³-hybridized carbons (Fsp3) is 0.600. The van der Waals surface area contributed by atoms with Crippen molar-refractivity contribution in [3.05, 3.63) is 33.9 Å². The quantitative estimate of drug-likeness (QED) is 0.437. The number of benzene rings is 1. The Bertz CT molecular complexity index is 754. The molecule has 0 aromatic heterocycles. The van der Waals surface area contributed by atoms with Crippen LogP contribution in [0.4, 0.5) is 11.4 Å². The topological polar surface area (TPSA) is 102 Å². The second-order valence-corrected chi connectivity index (χ2v) is 7.90. The summed E-state index contributed by atoms with van der Waals surface area (Å²) in [4.78, 5) is 37.2. The van der Waals surface area contributed by atoms with Gasteiger partial charge >= 0.3 is 5.97 Å². The summed E-state index contributed by atoms with van der Waals surface area (Å²) in [6.07, 6.45) is 4.17. The van der Waals surface area contributed by atoms with Gasteiger partial charge in [-0.15, -0.1) is 0 Å². The maximum atomic E-state index is 12.2. The van der Waals surface area contributed by atoms with Crippen LogP contribution >= 0.6 is 0 Å². The van der Waals surface area contributed by atoms with E-state index in [4.69, 9.17) is 4.74 Å². The van der Waals surface area contributed by atoms with Crippen molar-refractivity contribution < 1.29 is 19.2 Å². The van der Waals surface area contributed by atoms with E-state index in [0.29, 0.717) is 17.5 Å². The van der Waals surface area contributed by atoms with Gasteiger partial charge in [0.1, 0.15) is 5.69 Å². The molecule has 1 atom stereocenters. The van der Waals surface area contributed by atoms with Crippen molar-refractivity contribution in [2.75, 3.05) is 24.6 Å². The maximum absolute atomic E-state index is 12.2. The molecule has 2 fully saturated rings. The van der Waals surface area contributed by atoms with Gasteiger partial charge in [-0.3, -0.25) is 14.9 Å². The zero-order valence-corrected chi connectivity index (χ0v) is 16.3. The summed E-state index contributed by atoms with van der Waals surface area (Å²) in [7, 11) is 0. The van der Waals surface area contributed by atoms with Crippen LogP contribution in [-0.2, 0) is 9.53 Å². The Morgan fingerprint density at radius 2 is 1.96 bits per heavy atom. The molecule has 1 aliphatic carbocycles. The lowest BCUT2D eigenvalue weighted by molar-refractivity contribution is -0.384. The summed E-state index contributed by atoms with van der Waals surface area (Å²) in [5, 5.41) is 14.3. The van der Waals surface area contributed by atoms with E-state index >= 15 is 0 Å². The predicted octanol–water partition coefficient (Wildman–Crippen LogP) is 2.90. The first kappa shape index (κ1) is 20.1. The Hall–Kier alpha value is -2.64. The number of hydrogen-bond acceptors (Lipinski definition) is 6. The van der Waals surface area contributed by atoms with Gasteiger partial charge < -0.3 is 15.0 Å². The molecular weight excluding hydrogens is 362 g/mol. The normalized spacial score (nSPS) is 18.4. The minimum absolute atomic E-state index is 0.0684. The largest absolute Gasteiger partial charge is 0.452 e. The first-order valence-electron chi connectivity index (χ1n) is 9.85. The number of nitro groups is 1. The SMILES string of the molecule is CC1CCN(c2ccc(C(=O)OCC(=O)NC(C)C3CC3)cc2[N+](=O)[O-])CC1. The number of amides is 1. The van der Waals surface area contributed by atoms with Crippen molar-refractivity contribution in [3.8, 4) is 0 Å². The Labute approximate surface area is 164 Å². The molecule has 1 aliphatic heterocycles. The van der Waals surface area contributed by atoms with Crippen LogP contribution in [0.5, 0.6) is 0 Å². The smallest absolute Gasteiger partial charge is 0.338 e. The number of nitrogens with zero attached hydrogens (tertiary/aromatic N) is 2. The monoisotopic (exact) mass is 389 g/mol. The molecule has 1 N–H and O–H groups in total. The average Bonchev–Trinajstić information content (AvgIpc) is 3.51. The maximum Gasteiger partial charge on any atom is 0.338 e. The number of nitro benzene ring substituents is 1. The molecule has 8 nitrogen and oxygen atoms in total. The van der Waals surface area contributed by atoms with Gasteiger partial charge in [-0.05, 0) is 56.6 Å². The van der Waals surface area contributed by atoms with Crippen LogP contribution in [0.15, 0.2) is 18.2 Å². The molecule has 1 aromatic rings. The zero-order valence-electron chi connectivity index (χ0n) is 16.3. The third-order valence-electron chi connectivity index (χ3n) is 5.58. The van der Waals surface area contributed by atoms with Crippen LogP contribution in [0, 0.1) is 22.0 Å². The van der Waals surface area contributed by atoms with Crippen molar-refractivity contribution in [3.63, 3.8) is 0 Å². The summed E-state index contributed by atoms with van der Waals surface area (Å²) >= 11 is 0. The van der Waals surface area contributed by atoms with E-state index in [1.165, 1.54) is 12.1 Å². The molecule has 28 heavy (non-hydrogen) atoms. The van der Waals surface area contributed by atoms with Crippen LogP contribution in [0.1, 0.15) is 49.9 Å².